The molecule has 1 N–H and O–H groups in total. The van der Waals surface area contributed by atoms with Gasteiger partial charge in [-0.1, -0.05) is 11.6 Å². The zero-order chi connectivity index (χ0) is 14.6. The summed E-state index contributed by atoms with van der Waals surface area (Å²) in [5.41, 5.74) is 0. The van der Waals surface area contributed by atoms with Crippen LogP contribution in [0.4, 0.5) is 0 Å². The highest BCUT2D eigenvalue weighted by molar-refractivity contribution is 8.01. The Balaban J connectivity index is 2.13. The molecule has 0 aromatic heterocycles. The van der Waals surface area contributed by atoms with Gasteiger partial charge in [-0.3, -0.25) is 0 Å². The Kier molecular flexibility index (Phi) is 5.74. The third kappa shape index (κ3) is 3.68. The van der Waals surface area contributed by atoms with Gasteiger partial charge >= 0.3 is 0 Å². The molecule has 0 unspecified atom stereocenters. The number of ether oxygens (including phenoxy) is 1. The number of methoxy groups -OCH3 is 1. The van der Waals surface area contributed by atoms with Gasteiger partial charge in [0.1, 0.15) is 0 Å². The molecule has 0 aliphatic carbocycles. The molecule has 0 bridgehead atoms. The monoisotopic (exact) mass is 335 g/mol. The maximum absolute atomic E-state index is 12.7. The molecule has 2 rings (SSSR count). The van der Waals surface area contributed by atoms with Gasteiger partial charge in [-0.25, -0.2) is 8.42 Å². The molecule has 2 atom stereocenters. The van der Waals surface area contributed by atoms with Crippen LogP contribution in [0.3, 0.4) is 0 Å². The minimum Gasteiger partial charge on any atom is -0.383 e. The molecule has 1 aliphatic heterocycles. The number of sulfone groups is 1. The number of benzene rings is 1. The Morgan fingerprint density at radius 1 is 1.35 bits per heavy atom. The highest BCUT2D eigenvalue weighted by Gasteiger charge is 2.38. The third-order valence-corrected chi connectivity index (χ3v) is 7.16. The van der Waals surface area contributed by atoms with Crippen LogP contribution in [0.5, 0.6) is 0 Å². The second-order valence-corrected chi connectivity index (χ2v) is 8.31. The smallest absolute Gasteiger partial charge is 0.183 e. The van der Waals surface area contributed by atoms with Gasteiger partial charge in [0.2, 0.25) is 0 Å². The Bertz CT molecular complexity index is 533. The maximum atomic E-state index is 12.7. The first-order valence-corrected chi connectivity index (χ1v) is 9.43. The van der Waals surface area contributed by atoms with Crippen molar-refractivity contribution in [2.45, 2.75) is 16.2 Å². The summed E-state index contributed by atoms with van der Waals surface area (Å²) in [4.78, 5) is 0.341. The van der Waals surface area contributed by atoms with Crippen LogP contribution < -0.4 is 5.32 Å². The molecule has 0 saturated carbocycles. The van der Waals surface area contributed by atoms with Gasteiger partial charge < -0.3 is 10.1 Å². The summed E-state index contributed by atoms with van der Waals surface area (Å²) in [7, 11) is -1.69. The molecule has 0 amide bonds. The van der Waals surface area contributed by atoms with Crippen molar-refractivity contribution in [3.05, 3.63) is 29.3 Å². The van der Waals surface area contributed by atoms with Gasteiger partial charge in [-0.05, 0) is 24.3 Å². The standard InChI is InChI=1S/C13H18ClNO3S2/c1-18-7-6-15-12-8-19-9-13(12)20(16,17)11-4-2-10(14)3-5-11/h2-5,12-13,15H,6-9H2,1H3/t12-,13-/m0/s1. The van der Waals surface area contributed by atoms with Crippen molar-refractivity contribution in [3.63, 3.8) is 0 Å². The molecule has 0 radical (unpaired) electrons. The average Bonchev–Trinajstić information content (AvgIpc) is 2.89. The number of rotatable bonds is 6. The first-order valence-electron chi connectivity index (χ1n) is 6.35. The molecule has 1 saturated heterocycles. The van der Waals surface area contributed by atoms with E-state index in [1.54, 1.807) is 43.1 Å². The van der Waals surface area contributed by atoms with Crippen molar-refractivity contribution in [1.82, 2.24) is 5.32 Å². The number of hydrogen-bond donors (Lipinski definition) is 1. The minimum absolute atomic E-state index is 0.0316. The van der Waals surface area contributed by atoms with Gasteiger partial charge in [-0.15, -0.1) is 0 Å². The molecule has 1 aliphatic rings. The van der Waals surface area contributed by atoms with E-state index in [0.717, 1.165) is 5.75 Å². The van der Waals surface area contributed by atoms with Gasteiger partial charge in [0, 0.05) is 36.2 Å². The average molecular weight is 336 g/mol. The lowest BCUT2D eigenvalue weighted by Gasteiger charge is -2.20. The van der Waals surface area contributed by atoms with Crippen LogP contribution in [0.25, 0.3) is 0 Å². The maximum Gasteiger partial charge on any atom is 0.183 e. The van der Waals surface area contributed by atoms with Gasteiger partial charge in [0.15, 0.2) is 9.84 Å². The van der Waals surface area contributed by atoms with E-state index in [4.69, 9.17) is 16.3 Å². The number of hydrogen-bond acceptors (Lipinski definition) is 5. The zero-order valence-corrected chi connectivity index (χ0v) is 13.6. The Hall–Kier alpha value is -0.270. The summed E-state index contributed by atoms with van der Waals surface area (Å²) in [5, 5.41) is 3.41. The van der Waals surface area contributed by atoms with E-state index in [0.29, 0.717) is 28.8 Å². The zero-order valence-electron chi connectivity index (χ0n) is 11.2. The number of thioether (sulfide) groups is 1. The van der Waals surface area contributed by atoms with E-state index >= 15 is 0 Å². The summed E-state index contributed by atoms with van der Waals surface area (Å²) in [6.07, 6.45) is 0. The highest BCUT2D eigenvalue weighted by Crippen LogP contribution is 2.29. The minimum atomic E-state index is -3.32. The fraction of sp³-hybridized carbons (Fsp3) is 0.538. The molecular weight excluding hydrogens is 318 g/mol. The molecule has 0 spiro atoms. The van der Waals surface area contributed by atoms with E-state index in [-0.39, 0.29) is 6.04 Å². The second kappa shape index (κ2) is 7.13. The second-order valence-electron chi connectivity index (χ2n) is 4.63. The molecule has 1 heterocycles. The van der Waals surface area contributed by atoms with Gasteiger partial charge in [0.05, 0.1) is 16.8 Å². The highest BCUT2D eigenvalue weighted by atomic mass is 35.5. The van der Waals surface area contributed by atoms with E-state index in [2.05, 4.69) is 5.32 Å². The van der Waals surface area contributed by atoms with Crippen LogP contribution in [0.1, 0.15) is 0 Å². The van der Waals surface area contributed by atoms with Crippen molar-refractivity contribution in [1.29, 1.82) is 0 Å². The molecule has 20 heavy (non-hydrogen) atoms. The van der Waals surface area contributed by atoms with Crippen molar-refractivity contribution in [2.75, 3.05) is 31.8 Å². The lowest BCUT2D eigenvalue weighted by molar-refractivity contribution is 0.196. The first-order chi connectivity index (χ1) is 9.55. The fourth-order valence-corrected chi connectivity index (χ4v) is 6.12. The van der Waals surface area contributed by atoms with Crippen LogP contribution in [0.15, 0.2) is 29.2 Å². The largest absolute Gasteiger partial charge is 0.383 e. The molecule has 1 aromatic carbocycles. The van der Waals surface area contributed by atoms with Crippen molar-refractivity contribution < 1.29 is 13.2 Å². The van der Waals surface area contributed by atoms with Crippen molar-refractivity contribution >= 4 is 33.2 Å². The topological polar surface area (TPSA) is 55.4 Å². The normalized spacial score (nSPS) is 23.1. The summed E-state index contributed by atoms with van der Waals surface area (Å²) < 4.78 is 30.3. The van der Waals surface area contributed by atoms with E-state index < -0.39 is 15.1 Å². The van der Waals surface area contributed by atoms with E-state index in [9.17, 15) is 8.42 Å². The van der Waals surface area contributed by atoms with Crippen LogP contribution in [0.2, 0.25) is 5.02 Å². The van der Waals surface area contributed by atoms with E-state index in [1.165, 1.54) is 0 Å². The number of nitrogens with one attached hydrogen (secondary N) is 1. The Morgan fingerprint density at radius 2 is 2.05 bits per heavy atom. The predicted molar refractivity (Wildman–Crippen MR) is 83.4 cm³/mol. The van der Waals surface area contributed by atoms with Crippen LogP contribution >= 0.6 is 23.4 Å². The lowest BCUT2D eigenvalue weighted by Crippen LogP contribution is -2.44. The van der Waals surface area contributed by atoms with Crippen molar-refractivity contribution in [2.24, 2.45) is 0 Å². The van der Waals surface area contributed by atoms with Crippen LogP contribution in [-0.2, 0) is 14.6 Å². The van der Waals surface area contributed by atoms with Crippen LogP contribution in [0, 0.1) is 0 Å². The molecule has 4 nitrogen and oxygen atoms in total. The quantitative estimate of drug-likeness (QED) is 0.804. The van der Waals surface area contributed by atoms with Gasteiger partial charge in [0.25, 0.3) is 0 Å². The molecule has 7 heteroatoms. The Morgan fingerprint density at radius 3 is 2.70 bits per heavy atom. The van der Waals surface area contributed by atoms with E-state index in [1.807, 2.05) is 0 Å². The molecule has 112 valence electrons. The lowest BCUT2D eigenvalue weighted by atomic mass is 10.2. The molecule has 1 fully saturated rings. The summed E-state index contributed by atoms with van der Waals surface area (Å²) in [6.45, 7) is 1.24. The third-order valence-electron chi connectivity index (χ3n) is 3.28. The molecular formula is C13H18ClNO3S2. The summed E-state index contributed by atoms with van der Waals surface area (Å²) in [6, 6.07) is 6.35. The summed E-state index contributed by atoms with van der Waals surface area (Å²) in [5.74, 6) is 1.43. The fourth-order valence-electron chi connectivity index (χ4n) is 2.18. The number of halogens is 1. The molecule has 1 aromatic rings. The van der Waals surface area contributed by atoms with Crippen molar-refractivity contribution in [3.8, 4) is 0 Å². The summed E-state index contributed by atoms with van der Waals surface area (Å²) >= 11 is 7.47. The van der Waals surface area contributed by atoms with Crippen LogP contribution in [-0.4, -0.2) is 51.5 Å². The predicted octanol–water partition coefficient (Wildman–Crippen LogP) is 1.83. The SMILES string of the molecule is COCCN[C@H]1CSC[C@@H]1S(=O)(=O)c1ccc(Cl)cc1. The Labute approximate surface area is 129 Å². The van der Waals surface area contributed by atoms with Gasteiger partial charge in [-0.2, -0.15) is 11.8 Å². The first kappa shape index (κ1) is 16.1.